The zero-order chi connectivity index (χ0) is 27.7. The zero-order valence-corrected chi connectivity index (χ0v) is 27.3. The van der Waals surface area contributed by atoms with E-state index < -0.39 is 18.4 Å². The van der Waals surface area contributed by atoms with Crippen LogP contribution in [0.15, 0.2) is 48.5 Å². The molecule has 1 atom stereocenters. The zero-order valence-electron chi connectivity index (χ0n) is 24.5. The molecule has 3 aromatic rings. The number of rotatable bonds is 16. The Hall–Kier alpha value is -1.86. The molecule has 0 saturated carbocycles. The van der Waals surface area contributed by atoms with Gasteiger partial charge >= 0.3 is 240 Å². The van der Waals surface area contributed by atoms with E-state index >= 15 is 0 Å². The van der Waals surface area contributed by atoms with Crippen LogP contribution in [0.1, 0.15) is 83.1 Å². The summed E-state index contributed by atoms with van der Waals surface area (Å²) in [5.74, 6) is 1.90. The van der Waals surface area contributed by atoms with Crippen LogP contribution in [0.5, 0.6) is 5.75 Å². The number of benzene rings is 2. The first-order valence-electron chi connectivity index (χ1n) is 15.1. The predicted octanol–water partition coefficient (Wildman–Crippen LogP) is 8.46. The van der Waals surface area contributed by atoms with Crippen molar-refractivity contribution in [2.75, 3.05) is 13.7 Å². The summed E-state index contributed by atoms with van der Waals surface area (Å²) in [5.41, 5.74) is 3.40. The number of ether oxygens (including phenoxy) is 2. The summed E-state index contributed by atoms with van der Waals surface area (Å²) in [6, 6.07) is 15.5. The Balaban J connectivity index is 1.72. The van der Waals surface area contributed by atoms with Crippen LogP contribution >= 0.6 is 0 Å². The first kappa shape index (κ1) is 30.1. The summed E-state index contributed by atoms with van der Waals surface area (Å²) >= 11 is -2.90. The van der Waals surface area contributed by atoms with Crippen LogP contribution in [0.25, 0.3) is 11.3 Å². The van der Waals surface area contributed by atoms with Gasteiger partial charge in [0.05, 0.1) is 0 Å². The molecular weight excluding hydrogens is 594 g/mol. The Labute approximate surface area is 239 Å². The molecule has 2 aromatic carbocycles. The SMILES string of the molecule is CCC[CH2][Sn]([CH2]CCC)([CH2]CCC)[c]1c(-c2ccc(F)cc2)nc2n1[C@@H](COCc1ccc(OC)cc1)CC2. The van der Waals surface area contributed by atoms with Crippen molar-refractivity contribution in [1.29, 1.82) is 0 Å². The van der Waals surface area contributed by atoms with Gasteiger partial charge in [-0.15, -0.1) is 0 Å². The van der Waals surface area contributed by atoms with Gasteiger partial charge in [-0.3, -0.25) is 0 Å². The molecule has 6 heteroatoms. The van der Waals surface area contributed by atoms with Crippen molar-refractivity contribution in [3.63, 3.8) is 0 Å². The Morgan fingerprint density at radius 3 is 2.08 bits per heavy atom. The number of hydrogen-bond donors (Lipinski definition) is 0. The van der Waals surface area contributed by atoms with Crippen LogP contribution in [-0.2, 0) is 17.8 Å². The summed E-state index contributed by atoms with van der Waals surface area (Å²) in [6.45, 7) is 8.28. The van der Waals surface area contributed by atoms with Gasteiger partial charge in [-0.2, -0.15) is 0 Å². The van der Waals surface area contributed by atoms with Crippen molar-refractivity contribution in [2.24, 2.45) is 0 Å². The van der Waals surface area contributed by atoms with E-state index in [2.05, 4.69) is 37.5 Å². The first-order chi connectivity index (χ1) is 19.0. The maximum atomic E-state index is 13.9. The second-order valence-electron chi connectivity index (χ2n) is 11.2. The number of aromatic nitrogens is 2. The third kappa shape index (κ3) is 7.27. The summed E-state index contributed by atoms with van der Waals surface area (Å²) in [6.07, 6.45) is 9.66. The molecule has 2 heterocycles. The van der Waals surface area contributed by atoms with Gasteiger partial charge in [-0.25, -0.2) is 0 Å². The number of fused-ring (bicyclic) bond motifs is 1. The van der Waals surface area contributed by atoms with Crippen molar-refractivity contribution in [2.45, 2.75) is 98.1 Å². The summed E-state index contributed by atoms with van der Waals surface area (Å²) in [7, 11) is 1.69. The Kier molecular flexibility index (Phi) is 11.3. The fraction of sp³-hybridized carbons (Fsp3) is 0.545. The molecule has 39 heavy (non-hydrogen) atoms. The van der Waals surface area contributed by atoms with Gasteiger partial charge in [0.2, 0.25) is 0 Å². The molecule has 4 nitrogen and oxygen atoms in total. The molecular formula is C33H47FN2O2Sn. The second-order valence-corrected chi connectivity index (χ2v) is 24.2. The molecule has 0 saturated heterocycles. The monoisotopic (exact) mass is 642 g/mol. The molecule has 0 radical (unpaired) electrons. The van der Waals surface area contributed by atoms with E-state index in [4.69, 9.17) is 14.5 Å². The number of halogens is 1. The summed E-state index contributed by atoms with van der Waals surface area (Å²) < 4.78 is 34.0. The van der Waals surface area contributed by atoms with Gasteiger partial charge in [-0.1, -0.05) is 0 Å². The standard InChI is InChI=1S/C21H20FN2O2.3C4H9.Sn/c1-25-19-9-2-15(3-10-19)13-26-14-18-8-11-21-23-20(12-24(18)21)16-4-6-17(22)7-5-16;3*1-3-4-2;/h2-7,9-10,18H,8,11,13-14H2,1H3;3*1,3-4H2,2H3;/t18-;;;;/m1..../s1. The maximum absolute atomic E-state index is 13.9. The van der Waals surface area contributed by atoms with Crippen molar-refractivity contribution in [3.05, 3.63) is 65.7 Å². The number of methoxy groups -OCH3 is 1. The fourth-order valence-corrected chi connectivity index (χ4v) is 23.6. The van der Waals surface area contributed by atoms with Gasteiger partial charge in [0.15, 0.2) is 0 Å². The van der Waals surface area contributed by atoms with Crippen molar-refractivity contribution in [3.8, 4) is 17.0 Å². The third-order valence-electron chi connectivity index (χ3n) is 8.44. The van der Waals surface area contributed by atoms with Gasteiger partial charge in [-0.05, 0) is 0 Å². The van der Waals surface area contributed by atoms with Crippen molar-refractivity contribution >= 4 is 22.1 Å². The third-order valence-corrected chi connectivity index (χ3v) is 23.9. The Morgan fingerprint density at radius 2 is 1.51 bits per heavy atom. The van der Waals surface area contributed by atoms with E-state index in [1.807, 2.05) is 24.3 Å². The molecule has 1 aliphatic heterocycles. The van der Waals surface area contributed by atoms with E-state index in [9.17, 15) is 4.39 Å². The molecule has 0 unspecified atom stereocenters. The van der Waals surface area contributed by atoms with Gasteiger partial charge in [0, 0.05) is 0 Å². The molecule has 1 aromatic heterocycles. The number of imidazole rings is 1. The normalized spacial score (nSPS) is 15.1. The molecule has 0 N–H and O–H groups in total. The predicted molar refractivity (Wildman–Crippen MR) is 162 cm³/mol. The van der Waals surface area contributed by atoms with E-state index in [1.165, 1.54) is 57.7 Å². The molecule has 0 spiro atoms. The van der Waals surface area contributed by atoms with Crippen LogP contribution in [0.3, 0.4) is 0 Å². The van der Waals surface area contributed by atoms with E-state index in [0.717, 1.165) is 35.4 Å². The van der Waals surface area contributed by atoms with Crippen molar-refractivity contribution in [1.82, 2.24) is 9.55 Å². The fourth-order valence-electron chi connectivity index (χ4n) is 6.26. The van der Waals surface area contributed by atoms with Gasteiger partial charge < -0.3 is 0 Å². The minimum absolute atomic E-state index is 0.186. The first-order valence-corrected chi connectivity index (χ1v) is 22.6. The number of unbranched alkanes of at least 4 members (excludes halogenated alkanes) is 3. The van der Waals surface area contributed by atoms with Crippen LogP contribution in [-0.4, -0.2) is 41.6 Å². The van der Waals surface area contributed by atoms with Crippen LogP contribution in [0.4, 0.5) is 4.39 Å². The Bertz CT molecular complexity index is 1140. The van der Waals surface area contributed by atoms with E-state index in [0.29, 0.717) is 19.3 Å². The van der Waals surface area contributed by atoms with E-state index in [1.54, 1.807) is 23.0 Å². The molecule has 1 aliphatic rings. The molecule has 0 amide bonds. The van der Waals surface area contributed by atoms with Gasteiger partial charge in [0.1, 0.15) is 0 Å². The Morgan fingerprint density at radius 1 is 0.897 bits per heavy atom. The van der Waals surface area contributed by atoms with E-state index in [-0.39, 0.29) is 5.82 Å². The number of aryl methyl sites for hydroxylation is 1. The van der Waals surface area contributed by atoms with Crippen LogP contribution in [0, 0.1) is 5.82 Å². The minimum atomic E-state index is -2.90. The molecule has 4 rings (SSSR count). The summed E-state index contributed by atoms with van der Waals surface area (Å²) in [5, 5.41) is 0. The summed E-state index contributed by atoms with van der Waals surface area (Å²) in [4.78, 5) is 5.34. The average molecular weight is 641 g/mol. The van der Waals surface area contributed by atoms with Crippen LogP contribution in [0.2, 0.25) is 13.3 Å². The molecule has 0 fully saturated rings. The number of nitrogens with zero attached hydrogens (tertiary/aromatic N) is 2. The molecule has 0 bridgehead atoms. The van der Waals surface area contributed by atoms with Gasteiger partial charge in [0.25, 0.3) is 0 Å². The molecule has 0 aliphatic carbocycles. The second kappa shape index (κ2) is 14.7. The average Bonchev–Trinajstić information content (AvgIpc) is 3.54. The number of hydrogen-bond acceptors (Lipinski definition) is 3. The topological polar surface area (TPSA) is 36.3 Å². The molecule has 212 valence electrons. The quantitative estimate of drug-likeness (QED) is 0.147. The van der Waals surface area contributed by atoms with Crippen molar-refractivity contribution < 1.29 is 13.9 Å². The van der Waals surface area contributed by atoms with Crippen LogP contribution < -0.4 is 8.45 Å².